The highest BCUT2D eigenvalue weighted by Crippen LogP contribution is 2.28. The first kappa shape index (κ1) is 12.9. The van der Waals surface area contributed by atoms with E-state index in [1.165, 1.54) is 9.87 Å². The van der Waals surface area contributed by atoms with Gasteiger partial charge in [0.25, 0.3) is 0 Å². The van der Waals surface area contributed by atoms with Crippen LogP contribution in [0.4, 0.5) is 5.69 Å². The van der Waals surface area contributed by atoms with Crippen LogP contribution in [-0.4, -0.2) is 43.6 Å². The van der Waals surface area contributed by atoms with Crippen LogP contribution in [0.3, 0.4) is 0 Å². The SMILES string of the molecule is O=S(=O)(c1ccc2c(c1)NCC2)N1CCC(O)CC1. The van der Waals surface area contributed by atoms with Gasteiger partial charge in [0.2, 0.25) is 10.0 Å². The summed E-state index contributed by atoms with van der Waals surface area (Å²) in [6.07, 6.45) is 1.62. The minimum Gasteiger partial charge on any atom is -0.393 e. The number of fused-ring (bicyclic) bond motifs is 1. The van der Waals surface area contributed by atoms with Gasteiger partial charge >= 0.3 is 0 Å². The number of aliphatic hydroxyl groups is 1. The van der Waals surface area contributed by atoms with E-state index in [2.05, 4.69) is 5.32 Å². The Morgan fingerprint density at radius 3 is 2.74 bits per heavy atom. The minimum absolute atomic E-state index is 0.344. The van der Waals surface area contributed by atoms with Gasteiger partial charge in [0.1, 0.15) is 0 Å². The van der Waals surface area contributed by atoms with Crippen LogP contribution in [0, 0.1) is 0 Å². The highest BCUT2D eigenvalue weighted by Gasteiger charge is 2.29. The molecule has 0 amide bonds. The number of nitrogens with zero attached hydrogens (tertiary/aromatic N) is 1. The van der Waals surface area contributed by atoms with E-state index < -0.39 is 10.0 Å². The Morgan fingerprint density at radius 2 is 2.00 bits per heavy atom. The van der Waals surface area contributed by atoms with E-state index in [-0.39, 0.29) is 6.10 Å². The number of nitrogens with one attached hydrogen (secondary N) is 1. The minimum atomic E-state index is -3.42. The Morgan fingerprint density at radius 1 is 1.26 bits per heavy atom. The smallest absolute Gasteiger partial charge is 0.243 e. The number of hydrogen-bond acceptors (Lipinski definition) is 4. The first-order valence-electron chi connectivity index (χ1n) is 6.62. The van der Waals surface area contributed by atoms with Crippen molar-refractivity contribution < 1.29 is 13.5 Å². The molecule has 2 N–H and O–H groups in total. The molecule has 1 fully saturated rings. The second kappa shape index (κ2) is 4.77. The number of benzene rings is 1. The molecule has 3 rings (SSSR count). The van der Waals surface area contributed by atoms with Crippen molar-refractivity contribution in [3.05, 3.63) is 23.8 Å². The maximum atomic E-state index is 12.5. The molecule has 1 aromatic rings. The molecular formula is C13H18N2O3S. The third-order valence-electron chi connectivity index (χ3n) is 3.85. The van der Waals surface area contributed by atoms with Crippen molar-refractivity contribution in [2.45, 2.75) is 30.3 Å². The molecule has 104 valence electrons. The van der Waals surface area contributed by atoms with Crippen LogP contribution in [0.1, 0.15) is 18.4 Å². The summed E-state index contributed by atoms with van der Waals surface area (Å²) in [6, 6.07) is 5.30. The standard InChI is InChI=1S/C13H18N2O3S/c16-11-4-7-15(8-5-11)19(17,18)12-2-1-10-3-6-14-13(10)9-12/h1-2,9,11,14,16H,3-8H2. The molecule has 0 bridgehead atoms. The van der Waals surface area contributed by atoms with E-state index in [1.807, 2.05) is 6.07 Å². The molecule has 0 saturated carbocycles. The number of rotatable bonds is 2. The van der Waals surface area contributed by atoms with Gasteiger partial charge in [-0.1, -0.05) is 6.07 Å². The molecule has 6 heteroatoms. The van der Waals surface area contributed by atoms with E-state index in [1.54, 1.807) is 12.1 Å². The number of anilines is 1. The zero-order valence-electron chi connectivity index (χ0n) is 10.7. The molecule has 0 aliphatic carbocycles. The van der Waals surface area contributed by atoms with Crippen molar-refractivity contribution in [1.82, 2.24) is 4.31 Å². The molecule has 2 heterocycles. The van der Waals surface area contributed by atoms with Gasteiger partial charge in [0.15, 0.2) is 0 Å². The number of sulfonamides is 1. The zero-order chi connectivity index (χ0) is 13.5. The molecule has 2 aliphatic heterocycles. The second-order valence-electron chi connectivity index (χ2n) is 5.13. The lowest BCUT2D eigenvalue weighted by molar-refractivity contribution is 0.113. The van der Waals surface area contributed by atoms with Crippen molar-refractivity contribution in [3.8, 4) is 0 Å². The lowest BCUT2D eigenvalue weighted by Gasteiger charge is -2.28. The van der Waals surface area contributed by atoms with Crippen LogP contribution in [-0.2, 0) is 16.4 Å². The van der Waals surface area contributed by atoms with E-state index in [0.717, 1.165) is 18.7 Å². The van der Waals surface area contributed by atoms with Gasteiger partial charge in [-0.3, -0.25) is 0 Å². The third-order valence-corrected chi connectivity index (χ3v) is 5.75. The van der Waals surface area contributed by atoms with Crippen molar-refractivity contribution in [2.24, 2.45) is 0 Å². The van der Waals surface area contributed by atoms with Gasteiger partial charge in [0.05, 0.1) is 11.0 Å². The largest absolute Gasteiger partial charge is 0.393 e. The lowest BCUT2D eigenvalue weighted by Crippen LogP contribution is -2.39. The maximum absolute atomic E-state index is 12.5. The van der Waals surface area contributed by atoms with E-state index >= 15 is 0 Å². The van der Waals surface area contributed by atoms with Crippen LogP contribution in [0.2, 0.25) is 0 Å². The van der Waals surface area contributed by atoms with Gasteiger partial charge in [0, 0.05) is 25.3 Å². The van der Waals surface area contributed by atoms with E-state index in [0.29, 0.717) is 30.8 Å². The quantitative estimate of drug-likeness (QED) is 0.842. The fourth-order valence-corrected chi connectivity index (χ4v) is 4.16. The first-order valence-corrected chi connectivity index (χ1v) is 8.06. The summed E-state index contributed by atoms with van der Waals surface area (Å²) in [4.78, 5) is 0.344. The molecule has 5 nitrogen and oxygen atoms in total. The van der Waals surface area contributed by atoms with Gasteiger partial charge < -0.3 is 10.4 Å². The molecule has 0 radical (unpaired) electrons. The molecule has 0 unspecified atom stereocenters. The molecule has 2 aliphatic rings. The highest BCUT2D eigenvalue weighted by atomic mass is 32.2. The van der Waals surface area contributed by atoms with Crippen molar-refractivity contribution in [1.29, 1.82) is 0 Å². The predicted molar refractivity (Wildman–Crippen MR) is 72.6 cm³/mol. The summed E-state index contributed by atoms with van der Waals surface area (Å²) >= 11 is 0. The Kier molecular flexibility index (Phi) is 3.24. The summed E-state index contributed by atoms with van der Waals surface area (Å²) in [6.45, 7) is 1.66. The van der Waals surface area contributed by atoms with Crippen molar-refractivity contribution in [3.63, 3.8) is 0 Å². The van der Waals surface area contributed by atoms with Crippen molar-refractivity contribution in [2.75, 3.05) is 25.0 Å². The van der Waals surface area contributed by atoms with Crippen molar-refractivity contribution >= 4 is 15.7 Å². The number of hydrogen-bond donors (Lipinski definition) is 2. The molecular weight excluding hydrogens is 264 g/mol. The van der Waals surface area contributed by atoms with E-state index in [4.69, 9.17) is 0 Å². The summed E-state index contributed by atoms with van der Waals surface area (Å²) in [5, 5.41) is 12.7. The van der Waals surface area contributed by atoms with Crippen LogP contribution < -0.4 is 5.32 Å². The summed E-state index contributed by atoms with van der Waals surface area (Å²) in [5.74, 6) is 0. The normalized spacial score (nSPS) is 21.1. The Bertz CT molecular complexity index is 578. The average molecular weight is 282 g/mol. The number of aliphatic hydroxyl groups excluding tert-OH is 1. The fourth-order valence-electron chi connectivity index (χ4n) is 2.66. The van der Waals surface area contributed by atoms with E-state index in [9.17, 15) is 13.5 Å². The van der Waals surface area contributed by atoms with Gasteiger partial charge in [-0.2, -0.15) is 4.31 Å². The second-order valence-corrected chi connectivity index (χ2v) is 7.07. The van der Waals surface area contributed by atoms with Gasteiger partial charge in [-0.05, 0) is 37.0 Å². The zero-order valence-corrected chi connectivity index (χ0v) is 11.5. The third kappa shape index (κ3) is 2.35. The van der Waals surface area contributed by atoms with Gasteiger partial charge in [-0.15, -0.1) is 0 Å². The highest BCUT2D eigenvalue weighted by molar-refractivity contribution is 7.89. The maximum Gasteiger partial charge on any atom is 0.243 e. The molecule has 1 saturated heterocycles. The topological polar surface area (TPSA) is 69.6 Å². The van der Waals surface area contributed by atoms with Crippen LogP contribution in [0.15, 0.2) is 23.1 Å². The lowest BCUT2D eigenvalue weighted by atomic mass is 10.1. The number of piperidine rings is 1. The van der Waals surface area contributed by atoms with Crippen LogP contribution in [0.5, 0.6) is 0 Å². The Labute approximate surface area is 113 Å². The predicted octanol–water partition coefficient (Wildman–Crippen LogP) is 0.800. The molecule has 19 heavy (non-hydrogen) atoms. The fraction of sp³-hybridized carbons (Fsp3) is 0.538. The monoisotopic (exact) mass is 282 g/mol. The van der Waals surface area contributed by atoms with Gasteiger partial charge in [-0.25, -0.2) is 8.42 Å². The first-order chi connectivity index (χ1) is 9.07. The summed E-state index contributed by atoms with van der Waals surface area (Å²) < 4.78 is 26.5. The summed E-state index contributed by atoms with van der Waals surface area (Å²) in [7, 11) is -3.42. The summed E-state index contributed by atoms with van der Waals surface area (Å²) in [5.41, 5.74) is 2.10. The molecule has 1 aromatic carbocycles. The molecule has 0 spiro atoms. The van der Waals surface area contributed by atoms with Crippen LogP contribution >= 0.6 is 0 Å². The Hall–Kier alpha value is -1.11. The molecule has 0 atom stereocenters. The van der Waals surface area contributed by atoms with Crippen LogP contribution in [0.25, 0.3) is 0 Å². The average Bonchev–Trinajstić information content (AvgIpc) is 2.86. The molecule has 0 aromatic heterocycles. The Balaban J connectivity index is 1.88.